The molecule has 66 heavy (non-hydrogen) atoms. The van der Waals surface area contributed by atoms with Gasteiger partial charge in [-0.2, -0.15) is 0 Å². The molecule has 0 bridgehead atoms. The standard InChI is InChI=1S/C60H106O6/c1-4-7-10-13-16-19-22-25-28-29-30-31-33-35-38-41-44-47-50-53-59(62)65-56-57(55-64-58(61)52-49-46-43-40-37-34-27-24-21-18-15-12-9-6-3)66-60(63)54-51-48-45-42-39-36-32-26-23-20-17-14-11-8-5-2/h8,11,14,16-17,19-20,22-23,25,57H,4-7,9-10,12-13,15,18,21,24,26-56H2,1-3H3/b11-8-,17-14-,19-16-,23-20-,25-22-. The summed E-state index contributed by atoms with van der Waals surface area (Å²) < 4.78 is 16.9. The van der Waals surface area contributed by atoms with Crippen molar-refractivity contribution in [2.24, 2.45) is 0 Å². The van der Waals surface area contributed by atoms with Gasteiger partial charge >= 0.3 is 17.9 Å². The van der Waals surface area contributed by atoms with Crippen molar-refractivity contribution < 1.29 is 28.6 Å². The highest BCUT2D eigenvalue weighted by molar-refractivity contribution is 5.71. The molecular formula is C60H106O6. The third kappa shape index (κ3) is 52.1. The SMILES string of the molecule is CC\C=C/C=C\C=C/CCCCCCCCCC(=O)OC(COC(=O)CCCCCCCCCCCC/C=C\C=C/CCCCC)COC(=O)CCCCCCCCCCCCCCCC. The number of hydrogen-bond donors (Lipinski definition) is 0. The minimum absolute atomic E-state index is 0.0776. The maximum atomic E-state index is 12.8. The van der Waals surface area contributed by atoms with Crippen molar-refractivity contribution in [1.29, 1.82) is 0 Å². The fourth-order valence-electron chi connectivity index (χ4n) is 8.08. The van der Waals surface area contributed by atoms with Crippen LogP contribution in [0.15, 0.2) is 60.8 Å². The summed E-state index contributed by atoms with van der Waals surface area (Å²) in [5.41, 5.74) is 0. The molecule has 0 rings (SSSR count). The Balaban J connectivity index is 4.36. The van der Waals surface area contributed by atoms with Gasteiger partial charge in [0.25, 0.3) is 0 Å². The summed E-state index contributed by atoms with van der Waals surface area (Å²) in [6, 6.07) is 0. The molecule has 0 fully saturated rings. The topological polar surface area (TPSA) is 78.9 Å². The Bertz CT molecular complexity index is 1200. The zero-order valence-corrected chi connectivity index (χ0v) is 43.7. The van der Waals surface area contributed by atoms with Crippen molar-refractivity contribution in [1.82, 2.24) is 0 Å². The maximum Gasteiger partial charge on any atom is 0.306 e. The van der Waals surface area contributed by atoms with Gasteiger partial charge in [-0.05, 0) is 64.2 Å². The van der Waals surface area contributed by atoms with E-state index in [9.17, 15) is 14.4 Å². The average molecular weight is 924 g/mol. The van der Waals surface area contributed by atoms with Crippen LogP contribution in [0.5, 0.6) is 0 Å². The molecule has 0 amide bonds. The predicted molar refractivity (Wildman–Crippen MR) is 284 cm³/mol. The van der Waals surface area contributed by atoms with Crippen LogP contribution in [-0.2, 0) is 28.6 Å². The molecule has 0 aromatic rings. The molecule has 0 aromatic heterocycles. The normalized spacial score (nSPS) is 12.5. The summed E-state index contributed by atoms with van der Waals surface area (Å²) in [6.45, 7) is 6.50. The highest BCUT2D eigenvalue weighted by Gasteiger charge is 2.19. The smallest absolute Gasteiger partial charge is 0.306 e. The summed E-state index contributed by atoms with van der Waals surface area (Å²) in [4.78, 5) is 38.1. The zero-order chi connectivity index (χ0) is 47.9. The Morgan fingerprint density at radius 1 is 0.318 bits per heavy atom. The quantitative estimate of drug-likeness (QED) is 0.0262. The minimum Gasteiger partial charge on any atom is -0.462 e. The van der Waals surface area contributed by atoms with Crippen molar-refractivity contribution in [3.8, 4) is 0 Å². The second-order valence-corrected chi connectivity index (χ2v) is 18.9. The number of unbranched alkanes of at least 4 members (excludes halogenated alkanes) is 33. The molecule has 0 aromatic carbocycles. The molecule has 6 nitrogen and oxygen atoms in total. The van der Waals surface area contributed by atoms with Gasteiger partial charge in [0.1, 0.15) is 13.2 Å². The molecule has 1 unspecified atom stereocenters. The lowest BCUT2D eigenvalue weighted by Gasteiger charge is -2.18. The molecule has 0 saturated carbocycles. The van der Waals surface area contributed by atoms with Crippen LogP contribution in [0.4, 0.5) is 0 Å². The molecule has 0 radical (unpaired) electrons. The van der Waals surface area contributed by atoms with E-state index >= 15 is 0 Å². The van der Waals surface area contributed by atoms with Crippen LogP contribution in [0.1, 0.15) is 284 Å². The van der Waals surface area contributed by atoms with Crippen LogP contribution in [0.3, 0.4) is 0 Å². The van der Waals surface area contributed by atoms with Gasteiger partial charge in [-0.15, -0.1) is 0 Å². The predicted octanol–water partition coefficient (Wildman–Crippen LogP) is 18.8. The van der Waals surface area contributed by atoms with E-state index in [0.717, 1.165) is 70.6 Å². The minimum atomic E-state index is -0.780. The fraction of sp³-hybridized carbons (Fsp3) is 0.783. The van der Waals surface area contributed by atoms with Crippen LogP contribution in [0, 0.1) is 0 Å². The van der Waals surface area contributed by atoms with Crippen LogP contribution in [-0.4, -0.2) is 37.2 Å². The molecule has 0 aliphatic rings. The summed E-state index contributed by atoms with van der Waals surface area (Å²) in [5.74, 6) is -0.882. The first-order valence-corrected chi connectivity index (χ1v) is 28.3. The van der Waals surface area contributed by atoms with Crippen molar-refractivity contribution in [2.75, 3.05) is 13.2 Å². The summed E-state index contributed by atoms with van der Waals surface area (Å²) in [7, 11) is 0. The molecule has 0 aliphatic carbocycles. The molecule has 0 aliphatic heterocycles. The average Bonchev–Trinajstić information content (AvgIpc) is 3.31. The van der Waals surface area contributed by atoms with E-state index in [0.29, 0.717) is 19.3 Å². The van der Waals surface area contributed by atoms with Crippen molar-refractivity contribution in [3.05, 3.63) is 60.8 Å². The van der Waals surface area contributed by atoms with Gasteiger partial charge in [0, 0.05) is 19.3 Å². The third-order valence-corrected chi connectivity index (χ3v) is 12.3. The number of hydrogen-bond acceptors (Lipinski definition) is 6. The second-order valence-electron chi connectivity index (χ2n) is 18.9. The molecule has 6 heteroatoms. The molecule has 0 spiro atoms. The van der Waals surface area contributed by atoms with Crippen LogP contribution < -0.4 is 0 Å². The van der Waals surface area contributed by atoms with Gasteiger partial charge in [-0.1, -0.05) is 261 Å². The van der Waals surface area contributed by atoms with E-state index in [-0.39, 0.29) is 31.1 Å². The number of ether oxygens (including phenoxy) is 3. The zero-order valence-electron chi connectivity index (χ0n) is 43.7. The van der Waals surface area contributed by atoms with E-state index in [2.05, 4.69) is 81.5 Å². The van der Waals surface area contributed by atoms with Gasteiger partial charge in [-0.3, -0.25) is 14.4 Å². The maximum absolute atomic E-state index is 12.8. The second kappa shape index (κ2) is 54.7. The Labute approximate surface area is 409 Å². The first-order chi connectivity index (χ1) is 32.5. The van der Waals surface area contributed by atoms with E-state index in [1.165, 1.54) is 173 Å². The van der Waals surface area contributed by atoms with Gasteiger partial charge in [0.15, 0.2) is 6.10 Å². The van der Waals surface area contributed by atoms with Crippen LogP contribution >= 0.6 is 0 Å². The highest BCUT2D eigenvalue weighted by Crippen LogP contribution is 2.16. The van der Waals surface area contributed by atoms with E-state index in [1.807, 2.05) is 0 Å². The number of carbonyl (C=O) groups is 3. The summed E-state index contributed by atoms with van der Waals surface area (Å²) in [6.07, 6.45) is 67.7. The molecule has 0 saturated heterocycles. The third-order valence-electron chi connectivity index (χ3n) is 12.3. The molecular weight excluding hydrogens is 817 g/mol. The number of rotatable bonds is 51. The Kier molecular flexibility index (Phi) is 52.3. The molecule has 1 atom stereocenters. The summed E-state index contributed by atoms with van der Waals surface area (Å²) >= 11 is 0. The van der Waals surface area contributed by atoms with E-state index in [4.69, 9.17) is 14.2 Å². The monoisotopic (exact) mass is 923 g/mol. The van der Waals surface area contributed by atoms with Gasteiger partial charge in [-0.25, -0.2) is 0 Å². The lowest BCUT2D eigenvalue weighted by Crippen LogP contribution is -2.30. The largest absolute Gasteiger partial charge is 0.462 e. The van der Waals surface area contributed by atoms with Crippen molar-refractivity contribution in [2.45, 2.75) is 290 Å². The Morgan fingerprint density at radius 2 is 0.591 bits per heavy atom. The van der Waals surface area contributed by atoms with Crippen molar-refractivity contribution >= 4 is 17.9 Å². The first-order valence-electron chi connectivity index (χ1n) is 28.3. The van der Waals surface area contributed by atoms with Crippen LogP contribution in [0.25, 0.3) is 0 Å². The number of allylic oxidation sites excluding steroid dienone is 10. The fourth-order valence-corrected chi connectivity index (χ4v) is 8.08. The Hall–Kier alpha value is -2.89. The van der Waals surface area contributed by atoms with E-state index in [1.54, 1.807) is 0 Å². The van der Waals surface area contributed by atoms with Gasteiger partial charge in [0.2, 0.25) is 0 Å². The van der Waals surface area contributed by atoms with Gasteiger partial charge in [0.05, 0.1) is 0 Å². The molecule has 0 N–H and O–H groups in total. The Morgan fingerprint density at radius 3 is 0.955 bits per heavy atom. The first kappa shape index (κ1) is 63.1. The van der Waals surface area contributed by atoms with E-state index < -0.39 is 6.10 Å². The molecule has 382 valence electrons. The lowest BCUT2D eigenvalue weighted by atomic mass is 10.0. The number of carbonyl (C=O) groups excluding carboxylic acids is 3. The van der Waals surface area contributed by atoms with Gasteiger partial charge < -0.3 is 14.2 Å². The molecule has 0 heterocycles. The lowest BCUT2D eigenvalue weighted by molar-refractivity contribution is -0.167. The van der Waals surface area contributed by atoms with Crippen molar-refractivity contribution in [3.63, 3.8) is 0 Å². The summed E-state index contributed by atoms with van der Waals surface area (Å²) in [5, 5.41) is 0. The highest BCUT2D eigenvalue weighted by atomic mass is 16.6. The van der Waals surface area contributed by atoms with Crippen LogP contribution in [0.2, 0.25) is 0 Å². The number of esters is 3.